The zero-order valence-corrected chi connectivity index (χ0v) is 14.8. The Morgan fingerprint density at radius 2 is 2.00 bits per heavy atom. The van der Waals surface area contributed by atoms with Gasteiger partial charge in [0.1, 0.15) is 5.75 Å². The van der Waals surface area contributed by atoms with Crippen LogP contribution in [0.15, 0.2) is 12.1 Å². The summed E-state index contributed by atoms with van der Waals surface area (Å²) in [6.07, 6.45) is 0.0817. The van der Waals surface area contributed by atoms with Gasteiger partial charge in [-0.3, -0.25) is 4.90 Å². The molecule has 2 rings (SSSR count). The molecule has 1 saturated heterocycles. The van der Waals surface area contributed by atoms with Gasteiger partial charge in [-0.15, -0.1) is 0 Å². The van der Waals surface area contributed by atoms with E-state index in [2.05, 4.69) is 15.5 Å². The summed E-state index contributed by atoms with van der Waals surface area (Å²) in [5, 5.41) is 8.03. The Labute approximate surface area is 143 Å². The zero-order chi connectivity index (χ0) is 15.9. The Kier molecular flexibility index (Phi) is 7.25. The molecule has 2 N–H and O–H groups in total. The van der Waals surface area contributed by atoms with Gasteiger partial charge < -0.3 is 15.4 Å². The van der Waals surface area contributed by atoms with E-state index >= 15 is 0 Å². The first kappa shape index (κ1) is 17.8. The summed E-state index contributed by atoms with van der Waals surface area (Å²) in [5.74, 6) is 0.732. The molecule has 0 aromatic heterocycles. The standard InChI is InChI=1S/C16H25Cl2N3O/c1-12(2)22-16-13(9-14(17)10-15(16)18)11-20-5-8-21-6-3-19-4-7-21/h9-10,12,19-20H,3-8,11H2,1-2H3. The summed E-state index contributed by atoms with van der Waals surface area (Å²) in [6, 6.07) is 3.65. The second kappa shape index (κ2) is 8.94. The van der Waals surface area contributed by atoms with Crippen LogP contribution >= 0.6 is 23.2 Å². The molecule has 1 aromatic carbocycles. The average molecular weight is 346 g/mol. The lowest BCUT2D eigenvalue weighted by Crippen LogP contribution is -2.45. The number of halogens is 2. The van der Waals surface area contributed by atoms with E-state index in [4.69, 9.17) is 27.9 Å². The molecule has 0 aliphatic carbocycles. The number of nitrogens with zero attached hydrogens (tertiary/aromatic N) is 1. The number of nitrogens with one attached hydrogen (secondary N) is 2. The molecule has 22 heavy (non-hydrogen) atoms. The van der Waals surface area contributed by atoms with Gasteiger partial charge in [-0.2, -0.15) is 0 Å². The van der Waals surface area contributed by atoms with Crippen LogP contribution < -0.4 is 15.4 Å². The molecule has 0 spiro atoms. The summed E-state index contributed by atoms with van der Waals surface area (Å²) in [7, 11) is 0. The fourth-order valence-electron chi connectivity index (χ4n) is 2.51. The van der Waals surface area contributed by atoms with Crippen LogP contribution in [0.4, 0.5) is 0 Å². The van der Waals surface area contributed by atoms with Gasteiger partial charge in [0.2, 0.25) is 0 Å². The van der Waals surface area contributed by atoms with Crippen LogP contribution in [-0.4, -0.2) is 50.3 Å². The van der Waals surface area contributed by atoms with Gasteiger partial charge in [0.15, 0.2) is 0 Å². The van der Waals surface area contributed by atoms with Gasteiger partial charge in [0.05, 0.1) is 11.1 Å². The second-order valence-electron chi connectivity index (χ2n) is 5.81. The lowest BCUT2D eigenvalue weighted by Gasteiger charge is -2.27. The molecule has 0 bridgehead atoms. The average Bonchev–Trinajstić information content (AvgIpc) is 2.47. The maximum absolute atomic E-state index is 6.26. The molecular weight excluding hydrogens is 321 g/mol. The highest BCUT2D eigenvalue weighted by molar-refractivity contribution is 6.35. The third kappa shape index (κ3) is 5.60. The van der Waals surface area contributed by atoms with Crippen LogP contribution in [0.5, 0.6) is 5.75 Å². The highest BCUT2D eigenvalue weighted by atomic mass is 35.5. The predicted octanol–water partition coefficient (Wildman–Crippen LogP) is 2.78. The molecule has 0 unspecified atom stereocenters. The molecule has 6 heteroatoms. The SMILES string of the molecule is CC(C)Oc1c(Cl)cc(Cl)cc1CNCCN1CCNCC1. The van der Waals surface area contributed by atoms with Gasteiger partial charge >= 0.3 is 0 Å². The lowest BCUT2D eigenvalue weighted by molar-refractivity contribution is 0.236. The van der Waals surface area contributed by atoms with Crippen molar-refractivity contribution in [3.63, 3.8) is 0 Å². The van der Waals surface area contributed by atoms with E-state index in [1.54, 1.807) is 6.07 Å². The Bertz CT molecular complexity index is 477. The minimum absolute atomic E-state index is 0.0817. The topological polar surface area (TPSA) is 36.5 Å². The number of benzene rings is 1. The van der Waals surface area contributed by atoms with Gasteiger partial charge in [0, 0.05) is 56.4 Å². The van der Waals surface area contributed by atoms with Crippen molar-refractivity contribution in [2.75, 3.05) is 39.3 Å². The summed E-state index contributed by atoms with van der Waals surface area (Å²) in [5.41, 5.74) is 1.01. The van der Waals surface area contributed by atoms with E-state index in [1.165, 1.54) is 0 Å². The van der Waals surface area contributed by atoms with E-state index in [1.807, 2.05) is 19.9 Å². The molecule has 1 aromatic rings. The normalized spacial score (nSPS) is 16.2. The van der Waals surface area contributed by atoms with Gasteiger partial charge in [0.25, 0.3) is 0 Å². The first-order valence-electron chi connectivity index (χ1n) is 7.84. The summed E-state index contributed by atoms with van der Waals surface area (Å²) in [6.45, 7) is 11.1. The third-order valence-corrected chi connectivity index (χ3v) is 4.07. The van der Waals surface area contributed by atoms with Crippen molar-refractivity contribution in [2.45, 2.75) is 26.5 Å². The van der Waals surface area contributed by atoms with Gasteiger partial charge in [-0.05, 0) is 26.0 Å². The fraction of sp³-hybridized carbons (Fsp3) is 0.625. The fourth-order valence-corrected chi connectivity index (χ4v) is 3.09. The van der Waals surface area contributed by atoms with Crippen LogP contribution in [0.25, 0.3) is 0 Å². The Hall–Kier alpha value is -0.520. The Balaban J connectivity index is 1.87. The first-order valence-corrected chi connectivity index (χ1v) is 8.60. The van der Waals surface area contributed by atoms with E-state index in [9.17, 15) is 0 Å². The van der Waals surface area contributed by atoms with Crippen molar-refractivity contribution in [3.8, 4) is 5.75 Å². The molecule has 4 nitrogen and oxygen atoms in total. The van der Waals surface area contributed by atoms with Crippen LogP contribution in [0, 0.1) is 0 Å². The van der Waals surface area contributed by atoms with Crippen molar-refractivity contribution in [2.24, 2.45) is 0 Å². The minimum Gasteiger partial charge on any atom is -0.489 e. The van der Waals surface area contributed by atoms with E-state index in [-0.39, 0.29) is 6.10 Å². The summed E-state index contributed by atoms with van der Waals surface area (Å²) >= 11 is 12.4. The molecule has 0 saturated carbocycles. The largest absolute Gasteiger partial charge is 0.489 e. The molecular formula is C16H25Cl2N3O. The smallest absolute Gasteiger partial charge is 0.142 e. The zero-order valence-electron chi connectivity index (χ0n) is 13.3. The highest BCUT2D eigenvalue weighted by Gasteiger charge is 2.13. The van der Waals surface area contributed by atoms with E-state index in [0.717, 1.165) is 50.6 Å². The van der Waals surface area contributed by atoms with E-state index in [0.29, 0.717) is 16.6 Å². The molecule has 124 valence electrons. The highest BCUT2D eigenvalue weighted by Crippen LogP contribution is 2.33. The van der Waals surface area contributed by atoms with Crippen molar-refractivity contribution in [1.29, 1.82) is 0 Å². The van der Waals surface area contributed by atoms with Crippen LogP contribution in [0.3, 0.4) is 0 Å². The molecule has 1 aliphatic heterocycles. The second-order valence-corrected chi connectivity index (χ2v) is 6.65. The minimum atomic E-state index is 0.0817. The number of piperazine rings is 1. The van der Waals surface area contributed by atoms with Gasteiger partial charge in [-0.1, -0.05) is 23.2 Å². The van der Waals surface area contributed by atoms with Crippen molar-refractivity contribution < 1.29 is 4.74 Å². The molecule has 1 fully saturated rings. The monoisotopic (exact) mass is 345 g/mol. The van der Waals surface area contributed by atoms with Crippen molar-refractivity contribution >= 4 is 23.2 Å². The van der Waals surface area contributed by atoms with E-state index < -0.39 is 0 Å². The van der Waals surface area contributed by atoms with Gasteiger partial charge in [-0.25, -0.2) is 0 Å². The number of hydrogen-bond acceptors (Lipinski definition) is 4. The Morgan fingerprint density at radius 3 is 2.68 bits per heavy atom. The van der Waals surface area contributed by atoms with Crippen LogP contribution in [0.2, 0.25) is 10.0 Å². The molecule has 1 heterocycles. The maximum atomic E-state index is 6.26. The van der Waals surface area contributed by atoms with Crippen LogP contribution in [0.1, 0.15) is 19.4 Å². The number of hydrogen-bond donors (Lipinski definition) is 2. The molecule has 1 aliphatic rings. The molecule has 0 atom stereocenters. The lowest BCUT2D eigenvalue weighted by atomic mass is 10.2. The summed E-state index contributed by atoms with van der Waals surface area (Å²) in [4.78, 5) is 2.46. The molecule has 0 amide bonds. The number of rotatable bonds is 7. The van der Waals surface area contributed by atoms with Crippen LogP contribution in [-0.2, 0) is 6.54 Å². The first-order chi connectivity index (χ1) is 10.6. The molecule has 0 radical (unpaired) electrons. The quantitative estimate of drug-likeness (QED) is 0.745. The van der Waals surface area contributed by atoms with Crippen molar-refractivity contribution in [1.82, 2.24) is 15.5 Å². The number of ether oxygens (including phenoxy) is 1. The maximum Gasteiger partial charge on any atom is 0.142 e. The van der Waals surface area contributed by atoms with Crippen molar-refractivity contribution in [3.05, 3.63) is 27.7 Å². The predicted molar refractivity (Wildman–Crippen MR) is 93.2 cm³/mol. The third-order valence-electron chi connectivity index (χ3n) is 3.57. The Morgan fingerprint density at radius 1 is 1.27 bits per heavy atom. The summed E-state index contributed by atoms with van der Waals surface area (Å²) < 4.78 is 5.83.